The van der Waals surface area contributed by atoms with Crippen molar-refractivity contribution in [3.63, 3.8) is 0 Å². The van der Waals surface area contributed by atoms with Crippen molar-refractivity contribution in [1.82, 2.24) is 14.7 Å². The van der Waals surface area contributed by atoms with E-state index in [4.69, 9.17) is 0 Å². The molecule has 1 aromatic rings. The van der Waals surface area contributed by atoms with E-state index in [0.29, 0.717) is 6.04 Å². The van der Waals surface area contributed by atoms with Gasteiger partial charge in [0.15, 0.2) is 0 Å². The summed E-state index contributed by atoms with van der Waals surface area (Å²) in [5, 5.41) is 0. The number of fused-ring (bicyclic) bond motifs is 1. The molecule has 3 atom stereocenters. The highest BCUT2D eigenvalue weighted by Crippen LogP contribution is 2.40. The summed E-state index contributed by atoms with van der Waals surface area (Å²) in [6, 6.07) is 10.8. The number of benzene rings is 1. The van der Waals surface area contributed by atoms with Crippen LogP contribution >= 0.6 is 0 Å². The van der Waals surface area contributed by atoms with Crippen LogP contribution in [0, 0.1) is 0 Å². The molecular weight excluding hydrogens is 314 g/mol. The molecule has 3 saturated heterocycles. The second kappa shape index (κ2) is 6.13. The van der Waals surface area contributed by atoms with Crippen LogP contribution in [0.15, 0.2) is 30.3 Å². The van der Waals surface area contributed by atoms with Gasteiger partial charge in [0.05, 0.1) is 0 Å². The Hall–Kier alpha value is -1.88. The minimum absolute atomic E-state index is 0.0312. The lowest BCUT2D eigenvalue weighted by Gasteiger charge is -2.40. The molecule has 0 aliphatic carbocycles. The Kier molecular flexibility index (Phi) is 4.07. The zero-order chi connectivity index (χ0) is 17.6. The average molecular weight is 341 g/mol. The Labute approximate surface area is 149 Å². The van der Waals surface area contributed by atoms with E-state index in [-0.39, 0.29) is 18.0 Å². The van der Waals surface area contributed by atoms with E-state index < -0.39 is 5.54 Å². The number of carbonyl (C=O) groups excluding carboxylic acids is 2. The van der Waals surface area contributed by atoms with Crippen LogP contribution < -0.4 is 0 Å². The van der Waals surface area contributed by atoms with Crippen molar-refractivity contribution < 1.29 is 9.59 Å². The monoisotopic (exact) mass is 341 g/mol. The highest BCUT2D eigenvalue weighted by molar-refractivity contribution is 6.07. The van der Waals surface area contributed by atoms with Crippen molar-refractivity contribution in [2.45, 2.75) is 63.7 Å². The molecule has 0 radical (unpaired) electrons. The van der Waals surface area contributed by atoms with Gasteiger partial charge in [-0.1, -0.05) is 30.3 Å². The van der Waals surface area contributed by atoms with E-state index in [9.17, 15) is 9.59 Å². The third-order valence-electron chi connectivity index (χ3n) is 6.34. The molecule has 5 nitrogen and oxygen atoms in total. The lowest BCUT2D eigenvalue weighted by molar-refractivity contribution is -0.134. The molecule has 3 heterocycles. The van der Waals surface area contributed by atoms with Gasteiger partial charge < -0.3 is 4.90 Å². The lowest BCUT2D eigenvalue weighted by Crippen LogP contribution is -2.51. The maximum atomic E-state index is 12.9. The molecule has 0 saturated carbocycles. The highest BCUT2D eigenvalue weighted by Gasteiger charge is 2.58. The predicted octanol–water partition coefficient (Wildman–Crippen LogP) is 2.86. The Bertz CT molecular complexity index is 677. The number of amides is 3. The van der Waals surface area contributed by atoms with Crippen LogP contribution in [0.2, 0.25) is 0 Å². The van der Waals surface area contributed by atoms with Crippen LogP contribution in [0.25, 0.3) is 0 Å². The van der Waals surface area contributed by atoms with E-state index in [1.54, 1.807) is 9.80 Å². The first-order valence-corrected chi connectivity index (χ1v) is 9.44. The normalized spacial score (nSPS) is 33.2. The minimum Gasteiger partial charge on any atom is -0.310 e. The molecule has 4 rings (SSSR count). The van der Waals surface area contributed by atoms with Gasteiger partial charge in [0.2, 0.25) is 0 Å². The standard InChI is InChI=1S/C20H27N3O2/c1-15-13-17(9-12-21(15)14-16-7-4-3-5-8-16)23-18(24)20(2)10-6-11-22(20)19(23)25/h3-5,7-8,15,17H,6,9-14H2,1-2H3/t15-,17-,20-/m0/s1. The molecule has 134 valence electrons. The van der Waals surface area contributed by atoms with Crippen LogP contribution in [0.5, 0.6) is 0 Å². The SMILES string of the molecule is C[C@H]1C[C@@H](N2C(=O)N3CCC[C@@]3(C)C2=O)CCN1Cc1ccccc1. The van der Waals surface area contributed by atoms with Gasteiger partial charge in [0.25, 0.3) is 5.91 Å². The summed E-state index contributed by atoms with van der Waals surface area (Å²) in [4.78, 5) is 31.6. The fourth-order valence-corrected chi connectivity index (χ4v) is 4.77. The van der Waals surface area contributed by atoms with E-state index in [1.165, 1.54) is 5.56 Å². The summed E-state index contributed by atoms with van der Waals surface area (Å²) in [7, 11) is 0. The van der Waals surface area contributed by atoms with Crippen LogP contribution in [0.4, 0.5) is 4.79 Å². The number of imide groups is 1. The Morgan fingerprint density at radius 2 is 1.92 bits per heavy atom. The molecule has 1 aromatic carbocycles. The smallest absolute Gasteiger partial charge is 0.310 e. The summed E-state index contributed by atoms with van der Waals surface area (Å²) in [6.45, 7) is 6.73. The van der Waals surface area contributed by atoms with Crippen molar-refractivity contribution in [2.75, 3.05) is 13.1 Å². The second-order valence-corrected chi connectivity index (χ2v) is 7.97. The molecule has 0 unspecified atom stereocenters. The number of hydrogen-bond donors (Lipinski definition) is 0. The molecule has 3 amide bonds. The zero-order valence-corrected chi connectivity index (χ0v) is 15.1. The van der Waals surface area contributed by atoms with Crippen molar-refractivity contribution in [1.29, 1.82) is 0 Å². The molecule has 0 aromatic heterocycles. The predicted molar refractivity (Wildman–Crippen MR) is 95.9 cm³/mol. The van der Waals surface area contributed by atoms with Gasteiger partial charge in [0, 0.05) is 31.7 Å². The number of nitrogens with zero attached hydrogens (tertiary/aromatic N) is 3. The summed E-state index contributed by atoms with van der Waals surface area (Å²) >= 11 is 0. The Morgan fingerprint density at radius 3 is 2.60 bits per heavy atom. The van der Waals surface area contributed by atoms with Crippen molar-refractivity contribution in [3.8, 4) is 0 Å². The Balaban J connectivity index is 1.44. The first kappa shape index (κ1) is 16.6. The summed E-state index contributed by atoms with van der Waals surface area (Å²) < 4.78 is 0. The molecule has 3 aliphatic rings. The van der Waals surface area contributed by atoms with Crippen LogP contribution in [-0.2, 0) is 11.3 Å². The van der Waals surface area contributed by atoms with Crippen molar-refractivity contribution in [2.24, 2.45) is 0 Å². The van der Waals surface area contributed by atoms with Gasteiger partial charge in [-0.2, -0.15) is 0 Å². The van der Waals surface area contributed by atoms with Crippen LogP contribution in [0.3, 0.4) is 0 Å². The van der Waals surface area contributed by atoms with E-state index in [0.717, 1.165) is 45.3 Å². The van der Waals surface area contributed by atoms with Gasteiger partial charge >= 0.3 is 6.03 Å². The van der Waals surface area contributed by atoms with Gasteiger partial charge in [-0.15, -0.1) is 0 Å². The number of hydrogen-bond acceptors (Lipinski definition) is 3. The zero-order valence-electron chi connectivity index (χ0n) is 15.1. The molecule has 25 heavy (non-hydrogen) atoms. The average Bonchev–Trinajstić information content (AvgIpc) is 3.08. The number of likely N-dealkylation sites (tertiary alicyclic amines) is 1. The highest BCUT2D eigenvalue weighted by atomic mass is 16.2. The molecule has 3 aliphatic heterocycles. The minimum atomic E-state index is -0.582. The van der Waals surface area contributed by atoms with E-state index >= 15 is 0 Å². The van der Waals surface area contributed by atoms with Crippen LogP contribution in [0.1, 0.15) is 45.1 Å². The largest absolute Gasteiger partial charge is 0.327 e. The molecule has 0 spiro atoms. The number of carbonyl (C=O) groups is 2. The first-order chi connectivity index (χ1) is 12.0. The molecule has 0 N–H and O–H groups in total. The topological polar surface area (TPSA) is 43.9 Å². The van der Waals surface area contributed by atoms with Gasteiger partial charge in [-0.25, -0.2) is 4.79 Å². The van der Waals surface area contributed by atoms with E-state index in [2.05, 4.69) is 36.1 Å². The molecule has 0 bridgehead atoms. The molecular formula is C20H27N3O2. The van der Waals surface area contributed by atoms with Crippen LogP contribution in [-0.4, -0.2) is 57.4 Å². The van der Waals surface area contributed by atoms with Gasteiger partial charge in [-0.05, 0) is 45.1 Å². The van der Waals surface area contributed by atoms with Gasteiger partial charge in [0.1, 0.15) is 5.54 Å². The quantitative estimate of drug-likeness (QED) is 0.794. The fraction of sp³-hybridized carbons (Fsp3) is 0.600. The van der Waals surface area contributed by atoms with Crippen molar-refractivity contribution in [3.05, 3.63) is 35.9 Å². The number of rotatable bonds is 3. The molecule has 5 heteroatoms. The summed E-state index contributed by atoms with van der Waals surface area (Å²) in [5.41, 5.74) is 0.732. The second-order valence-electron chi connectivity index (χ2n) is 7.97. The third-order valence-corrected chi connectivity index (χ3v) is 6.34. The lowest BCUT2D eigenvalue weighted by atomic mass is 9.94. The maximum Gasteiger partial charge on any atom is 0.327 e. The summed E-state index contributed by atoms with van der Waals surface area (Å²) in [5.74, 6) is 0.0312. The molecule has 3 fully saturated rings. The first-order valence-electron chi connectivity index (χ1n) is 9.44. The van der Waals surface area contributed by atoms with Gasteiger partial charge in [-0.3, -0.25) is 14.6 Å². The fourth-order valence-electron chi connectivity index (χ4n) is 4.77. The van der Waals surface area contributed by atoms with Crippen molar-refractivity contribution >= 4 is 11.9 Å². The maximum absolute atomic E-state index is 12.9. The Morgan fingerprint density at radius 1 is 1.16 bits per heavy atom. The summed E-state index contributed by atoms with van der Waals surface area (Å²) in [6.07, 6.45) is 3.48. The number of urea groups is 1. The third kappa shape index (κ3) is 2.65. The van der Waals surface area contributed by atoms with E-state index in [1.807, 2.05) is 13.0 Å². The number of piperidine rings is 1.